The van der Waals surface area contributed by atoms with Crippen LogP contribution in [0, 0.1) is 0 Å². The maximum Gasteiger partial charge on any atom is 0.322 e. The number of hydrogen-bond acceptors (Lipinski definition) is 5. The average Bonchev–Trinajstić information content (AvgIpc) is 2.82. The van der Waals surface area contributed by atoms with Crippen LogP contribution in [0.4, 0.5) is 5.95 Å². The van der Waals surface area contributed by atoms with E-state index in [2.05, 4.69) is 32.0 Å². The van der Waals surface area contributed by atoms with Gasteiger partial charge >= 0.3 is 6.01 Å². The van der Waals surface area contributed by atoms with Crippen molar-refractivity contribution in [1.29, 1.82) is 0 Å². The Balaban J connectivity index is 1.88. The maximum absolute atomic E-state index is 5.91. The van der Waals surface area contributed by atoms with Crippen LogP contribution >= 0.6 is 11.6 Å². The second-order valence-corrected chi connectivity index (χ2v) is 4.58. The van der Waals surface area contributed by atoms with E-state index >= 15 is 0 Å². The van der Waals surface area contributed by atoms with Gasteiger partial charge in [-0.1, -0.05) is 24.3 Å². The zero-order chi connectivity index (χ0) is 13.2. The van der Waals surface area contributed by atoms with Crippen LogP contribution in [0.25, 0.3) is 0 Å². The fourth-order valence-electron chi connectivity index (χ4n) is 2.13. The van der Waals surface area contributed by atoms with Crippen molar-refractivity contribution in [3.8, 4) is 6.01 Å². The number of hydrogen-bond donors (Lipinski definition) is 0. The molecule has 0 unspecified atom stereocenters. The molecule has 0 spiro atoms. The van der Waals surface area contributed by atoms with Crippen LogP contribution in [-0.4, -0.2) is 21.6 Å². The fourth-order valence-corrected chi connectivity index (χ4v) is 2.28. The first kappa shape index (κ1) is 12.2. The summed E-state index contributed by atoms with van der Waals surface area (Å²) in [5.74, 6) is 0.555. The molecule has 0 amide bonds. The summed E-state index contributed by atoms with van der Waals surface area (Å²) >= 11 is 5.91. The predicted octanol–water partition coefficient (Wildman–Crippen LogP) is 2.44. The van der Waals surface area contributed by atoms with Gasteiger partial charge in [-0.05, 0) is 29.7 Å². The Bertz CT molecular complexity index is 580. The van der Waals surface area contributed by atoms with E-state index in [1.165, 1.54) is 11.1 Å². The molecule has 0 radical (unpaired) electrons. The number of benzene rings is 1. The Morgan fingerprint density at radius 2 is 1.84 bits per heavy atom. The van der Waals surface area contributed by atoms with Gasteiger partial charge < -0.3 is 9.64 Å². The van der Waals surface area contributed by atoms with Crippen LogP contribution in [0.3, 0.4) is 0 Å². The van der Waals surface area contributed by atoms with Crippen LogP contribution in [0.2, 0.25) is 5.28 Å². The van der Waals surface area contributed by atoms with E-state index in [-0.39, 0.29) is 11.3 Å². The van der Waals surface area contributed by atoms with Gasteiger partial charge in [0.25, 0.3) is 0 Å². The van der Waals surface area contributed by atoms with Crippen molar-refractivity contribution in [3.05, 3.63) is 40.7 Å². The van der Waals surface area contributed by atoms with Gasteiger partial charge in [0.15, 0.2) is 0 Å². The molecule has 0 atom stereocenters. The molecule has 0 saturated heterocycles. The van der Waals surface area contributed by atoms with Crippen molar-refractivity contribution in [2.75, 3.05) is 11.5 Å². The minimum Gasteiger partial charge on any atom is -0.464 e. The lowest BCUT2D eigenvalue weighted by Crippen LogP contribution is -2.18. The van der Waals surface area contributed by atoms with Gasteiger partial charge in [0, 0.05) is 13.1 Å². The Labute approximate surface area is 116 Å². The van der Waals surface area contributed by atoms with Crippen LogP contribution in [0.15, 0.2) is 24.3 Å². The molecule has 19 heavy (non-hydrogen) atoms. The first-order valence-corrected chi connectivity index (χ1v) is 6.50. The number of aromatic nitrogens is 3. The molecule has 5 nitrogen and oxygen atoms in total. The molecular formula is C13H13ClN4O. The lowest BCUT2D eigenvalue weighted by molar-refractivity contribution is 0.311. The third-order valence-corrected chi connectivity index (χ3v) is 3.14. The van der Waals surface area contributed by atoms with Crippen LogP contribution in [0.1, 0.15) is 18.1 Å². The summed E-state index contributed by atoms with van der Waals surface area (Å²) in [6, 6.07) is 8.57. The Morgan fingerprint density at radius 1 is 1.16 bits per heavy atom. The molecule has 1 aromatic carbocycles. The Morgan fingerprint density at radius 3 is 2.47 bits per heavy atom. The van der Waals surface area contributed by atoms with Gasteiger partial charge in [-0.15, -0.1) is 0 Å². The summed E-state index contributed by atoms with van der Waals surface area (Å²) in [6.07, 6.45) is 0. The summed E-state index contributed by atoms with van der Waals surface area (Å²) in [5, 5.41) is 0.157. The lowest BCUT2D eigenvalue weighted by atomic mass is 10.1. The van der Waals surface area contributed by atoms with E-state index in [0.717, 1.165) is 13.1 Å². The van der Waals surface area contributed by atoms with E-state index < -0.39 is 0 Å². The van der Waals surface area contributed by atoms with E-state index in [1.54, 1.807) is 0 Å². The SMILES string of the molecule is CCOc1nc(Cl)nc(N2Cc3ccccc3C2)n1. The number of rotatable bonds is 3. The highest BCUT2D eigenvalue weighted by molar-refractivity contribution is 6.28. The minimum absolute atomic E-state index is 0.157. The van der Waals surface area contributed by atoms with E-state index in [4.69, 9.17) is 16.3 Å². The molecule has 0 saturated carbocycles. The normalized spacial score (nSPS) is 13.5. The molecule has 2 heterocycles. The molecule has 6 heteroatoms. The second kappa shape index (κ2) is 5.01. The molecule has 0 fully saturated rings. The molecule has 98 valence electrons. The second-order valence-electron chi connectivity index (χ2n) is 4.24. The summed E-state index contributed by atoms with van der Waals surface area (Å²) in [5.41, 5.74) is 2.58. The quantitative estimate of drug-likeness (QED) is 0.862. The van der Waals surface area contributed by atoms with Crippen molar-refractivity contribution < 1.29 is 4.74 Å². The summed E-state index contributed by atoms with van der Waals surface area (Å²) in [4.78, 5) is 14.5. The highest BCUT2D eigenvalue weighted by Gasteiger charge is 2.21. The number of nitrogens with zero attached hydrogens (tertiary/aromatic N) is 4. The van der Waals surface area contributed by atoms with Crippen molar-refractivity contribution >= 4 is 17.5 Å². The van der Waals surface area contributed by atoms with Crippen molar-refractivity contribution in [2.45, 2.75) is 20.0 Å². The summed E-state index contributed by atoms with van der Waals surface area (Å²) in [6.45, 7) is 3.94. The van der Waals surface area contributed by atoms with Crippen LogP contribution in [-0.2, 0) is 13.1 Å². The van der Waals surface area contributed by atoms with Gasteiger partial charge in [0.2, 0.25) is 11.2 Å². The number of anilines is 1. The van der Waals surface area contributed by atoms with Crippen LogP contribution in [0.5, 0.6) is 6.01 Å². The van der Waals surface area contributed by atoms with Crippen molar-refractivity contribution in [2.24, 2.45) is 0 Å². The zero-order valence-electron chi connectivity index (χ0n) is 10.5. The first-order valence-electron chi connectivity index (χ1n) is 6.12. The number of ether oxygens (including phenoxy) is 1. The molecule has 3 rings (SSSR count). The first-order chi connectivity index (χ1) is 9.26. The topological polar surface area (TPSA) is 51.1 Å². The summed E-state index contributed by atoms with van der Waals surface area (Å²) in [7, 11) is 0. The molecule has 2 aromatic rings. The standard InChI is InChI=1S/C13H13ClN4O/c1-2-19-13-16-11(14)15-12(17-13)18-7-9-5-3-4-6-10(9)8-18/h3-6H,2,7-8H2,1H3. The highest BCUT2D eigenvalue weighted by Crippen LogP contribution is 2.26. The average molecular weight is 277 g/mol. The molecule has 0 N–H and O–H groups in total. The number of halogens is 1. The molecule has 1 aromatic heterocycles. The molecule has 0 bridgehead atoms. The third kappa shape index (κ3) is 2.46. The maximum atomic E-state index is 5.91. The van der Waals surface area contributed by atoms with Gasteiger partial charge in [-0.25, -0.2) is 0 Å². The number of fused-ring (bicyclic) bond motifs is 1. The molecule has 0 aliphatic carbocycles. The minimum atomic E-state index is 0.157. The Hall–Kier alpha value is -1.88. The predicted molar refractivity (Wildman–Crippen MR) is 72.3 cm³/mol. The van der Waals surface area contributed by atoms with Crippen LogP contribution < -0.4 is 9.64 Å². The van der Waals surface area contributed by atoms with Crippen molar-refractivity contribution in [1.82, 2.24) is 15.0 Å². The van der Waals surface area contributed by atoms with E-state index in [9.17, 15) is 0 Å². The van der Waals surface area contributed by atoms with Gasteiger partial charge in [0.05, 0.1) is 6.61 Å². The highest BCUT2D eigenvalue weighted by atomic mass is 35.5. The fraction of sp³-hybridized carbons (Fsp3) is 0.308. The molecule has 1 aliphatic heterocycles. The smallest absolute Gasteiger partial charge is 0.322 e. The molecular weight excluding hydrogens is 264 g/mol. The Kier molecular flexibility index (Phi) is 3.21. The monoisotopic (exact) mass is 276 g/mol. The zero-order valence-corrected chi connectivity index (χ0v) is 11.3. The largest absolute Gasteiger partial charge is 0.464 e. The van der Waals surface area contributed by atoms with Gasteiger partial charge in [0.1, 0.15) is 0 Å². The van der Waals surface area contributed by atoms with Gasteiger partial charge in [-0.2, -0.15) is 15.0 Å². The van der Waals surface area contributed by atoms with E-state index in [1.807, 2.05) is 19.1 Å². The molecule has 1 aliphatic rings. The van der Waals surface area contributed by atoms with E-state index in [0.29, 0.717) is 12.6 Å². The summed E-state index contributed by atoms with van der Waals surface area (Å²) < 4.78 is 5.29. The lowest BCUT2D eigenvalue weighted by Gasteiger charge is -2.15. The third-order valence-electron chi connectivity index (χ3n) is 2.97. The van der Waals surface area contributed by atoms with Crippen molar-refractivity contribution in [3.63, 3.8) is 0 Å². The van der Waals surface area contributed by atoms with Gasteiger partial charge in [-0.3, -0.25) is 0 Å².